The summed E-state index contributed by atoms with van der Waals surface area (Å²) in [5, 5.41) is 23.6. The number of rotatable bonds is 5. The molecule has 4 saturated carbocycles. The maximum Gasteiger partial charge on any atom is 0.165 e. The molecule has 0 radical (unpaired) electrons. The fourth-order valence-corrected chi connectivity index (χ4v) is 10.4. The van der Waals surface area contributed by atoms with Gasteiger partial charge in [0.1, 0.15) is 11.7 Å². The fraction of sp³-hybridized carbons (Fsp3) is 0.625. The van der Waals surface area contributed by atoms with Crippen LogP contribution in [-0.4, -0.2) is 53.1 Å². The fourth-order valence-electron chi connectivity index (χ4n) is 10.4. The third-order valence-corrected chi connectivity index (χ3v) is 12.0. The van der Waals surface area contributed by atoms with Crippen molar-refractivity contribution in [2.75, 3.05) is 20.2 Å². The average molecular weight is 502 g/mol. The molecule has 0 aromatic heterocycles. The van der Waals surface area contributed by atoms with Gasteiger partial charge in [0.25, 0.3) is 0 Å². The lowest BCUT2D eigenvalue weighted by molar-refractivity contribution is -0.304. The molecule has 5 aliphatic carbocycles. The van der Waals surface area contributed by atoms with Gasteiger partial charge in [0.15, 0.2) is 11.5 Å². The van der Waals surface area contributed by atoms with E-state index in [-0.39, 0.29) is 28.6 Å². The topological polar surface area (TPSA) is 62.2 Å². The molecular formula is C32H39NO4. The summed E-state index contributed by atoms with van der Waals surface area (Å²) in [6, 6.07) is 12.7. The minimum Gasteiger partial charge on any atom is -0.504 e. The van der Waals surface area contributed by atoms with E-state index in [0.29, 0.717) is 11.8 Å². The van der Waals surface area contributed by atoms with Gasteiger partial charge in [-0.15, -0.1) is 0 Å². The zero-order valence-corrected chi connectivity index (χ0v) is 22.3. The normalized spacial score (nSPS) is 40.7. The molecule has 7 aliphatic rings. The highest BCUT2D eigenvalue weighted by Gasteiger charge is 2.82. The Hall–Kier alpha value is -2.08. The zero-order valence-electron chi connectivity index (χ0n) is 22.3. The van der Waals surface area contributed by atoms with Crippen molar-refractivity contribution in [3.63, 3.8) is 0 Å². The summed E-state index contributed by atoms with van der Waals surface area (Å²) in [6.45, 7) is 6.39. The van der Waals surface area contributed by atoms with Gasteiger partial charge in [0.05, 0.1) is 5.60 Å². The van der Waals surface area contributed by atoms with Crippen molar-refractivity contribution in [3.8, 4) is 11.5 Å². The Labute approximate surface area is 219 Å². The number of methoxy groups -OCH3 is 1. The number of aliphatic hydroxyl groups is 1. The van der Waals surface area contributed by atoms with Gasteiger partial charge in [-0.05, 0) is 94.0 Å². The molecule has 9 rings (SSSR count). The predicted octanol–water partition coefficient (Wildman–Crippen LogP) is 4.83. The van der Waals surface area contributed by atoms with Crippen LogP contribution in [0.4, 0.5) is 0 Å². The molecule has 7 atom stereocenters. The van der Waals surface area contributed by atoms with Crippen LogP contribution in [0.2, 0.25) is 0 Å². The number of piperidine rings is 1. The van der Waals surface area contributed by atoms with Crippen LogP contribution in [0.3, 0.4) is 0 Å². The summed E-state index contributed by atoms with van der Waals surface area (Å²) in [4.78, 5) is 2.82. The van der Waals surface area contributed by atoms with E-state index in [1.807, 2.05) is 32.2 Å². The summed E-state index contributed by atoms with van der Waals surface area (Å²) in [7, 11) is 1.82. The summed E-state index contributed by atoms with van der Waals surface area (Å²) in [6.07, 6.45) is 7.43. The highest BCUT2D eigenvalue weighted by atomic mass is 16.6. The maximum atomic E-state index is 12.5. The average Bonchev–Trinajstić information content (AvgIpc) is 3.63. The van der Waals surface area contributed by atoms with Gasteiger partial charge >= 0.3 is 0 Å². The molecule has 37 heavy (non-hydrogen) atoms. The first-order valence-electron chi connectivity index (χ1n) is 14.4. The number of likely N-dealkylation sites (tertiary alicyclic amines) is 1. The number of hydrogen-bond acceptors (Lipinski definition) is 5. The number of aryl methyl sites for hydroxylation is 1. The van der Waals surface area contributed by atoms with Gasteiger partial charge in [-0.25, -0.2) is 0 Å². The number of aromatic hydroxyl groups is 1. The lowest BCUT2D eigenvalue weighted by Crippen LogP contribution is -2.82. The van der Waals surface area contributed by atoms with Gasteiger partial charge in [-0.1, -0.05) is 30.3 Å². The molecule has 1 saturated heterocycles. The van der Waals surface area contributed by atoms with Crippen LogP contribution in [-0.2, 0) is 22.2 Å². The van der Waals surface area contributed by atoms with Gasteiger partial charge in [-0.3, -0.25) is 4.90 Å². The smallest absolute Gasteiger partial charge is 0.165 e. The van der Waals surface area contributed by atoms with Gasteiger partial charge in [-0.2, -0.15) is 0 Å². The Morgan fingerprint density at radius 3 is 2.70 bits per heavy atom. The number of fused-ring (bicyclic) bond motifs is 2. The van der Waals surface area contributed by atoms with Crippen LogP contribution in [0.5, 0.6) is 11.5 Å². The van der Waals surface area contributed by atoms with Crippen LogP contribution in [0.15, 0.2) is 36.4 Å². The van der Waals surface area contributed by atoms with Gasteiger partial charge in [0, 0.05) is 42.0 Å². The van der Waals surface area contributed by atoms with Gasteiger partial charge in [0.2, 0.25) is 0 Å². The molecule has 5 heteroatoms. The van der Waals surface area contributed by atoms with Crippen molar-refractivity contribution in [2.45, 2.75) is 87.6 Å². The van der Waals surface area contributed by atoms with Crippen LogP contribution in [0.1, 0.15) is 67.7 Å². The Morgan fingerprint density at radius 1 is 1.14 bits per heavy atom. The molecule has 2 spiro atoms. The second kappa shape index (κ2) is 7.11. The molecule has 2 N–H and O–H groups in total. The van der Waals surface area contributed by atoms with E-state index in [1.165, 1.54) is 30.5 Å². The third-order valence-electron chi connectivity index (χ3n) is 12.0. The summed E-state index contributed by atoms with van der Waals surface area (Å²) in [5.74, 6) is 1.68. The van der Waals surface area contributed by atoms with E-state index < -0.39 is 11.2 Å². The molecule has 0 amide bonds. The number of benzene rings is 2. The quantitative estimate of drug-likeness (QED) is 0.614. The maximum absolute atomic E-state index is 12.5. The monoisotopic (exact) mass is 501 g/mol. The highest BCUT2D eigenvalue weighted by Crippen LogP contribution is 2.78. The number of hydrogen-bond donors (Lipinski definition) is 2. The molecule has 5 fully saturated rings. The van der Waals surface area contributed by atoms with E-state index in [9.17, 15) is 10.2 Å². The first-order chi connectivity index (χ1) is 17.8. The SMILES string of the molecule is CO[C@]12CCC3(C[C@@H]1[C@](C)(O)c1ccccc1C)C1Cc4ccc(O)c5c4[C@@]3(CCN1CC1CC1)[C@@H]2O5. The Morgan fingerprint density at radius 2 is 1.95 bits per heavy atom. The van der Waals surface area contributed by atoms with Crippen molar-refractivity contribution in [1.29, 1.82) is 0 Å². The Balaban J connectivity index is 1.36. The van der Waals surface area contributed by atoms with E-state index in [0.717, 1.165) is 55.7 Å². The summed E-state index contributed by atoms with van der Waals surface area (Å²) in [5.41, 5.74) is 2.86. The number of phenolic OH excluding ortho intramolecular Hbond substituents is 1. The molecule has 4 bridgehead atoms. The van der Waals surface area contributed by atoms with Crippen molar-refractivity contribution < 1.29 is 19.7 Å². The van der Waals surface area contributed by atoms with E-state index in [4.69, 9.17) is 9.47 Å². The highest BCUT2D eigenvalue weighted by molar-refractivity contribution is 5.63. The second-order valence-electron chi connectivity index (χ2n) is 13.4. The number of ether oxygens (including phenoxy) is 2. The third kappa shape index (κ3) is 2.53. The Kier molecular flexibility index (Phi) is 4.39. The standard InChI is InChI=1S/C32H39NO4/c1-19-6-4-5-7-22(19)29(2,35)24-17-30-12-13-32(24,36-3)28-31(30)14-15-33(18-20-8-9-20)25(30)16-21-10-11-23(34)27(37-28)26(21)31/h4-7,10-11,20,24-25,28,34-35H,8-9,12-18H2,1-3H3/t24-,25?,28+,29-,30?,31+,32-/m1/s1. The molecular weight excluding hydrogens is 462 g/mol. The molecule has 5 nitrogen and oxygen atoms in total. The van der Waals surface area contributed by atoms with Crippen molar-refractivity contribution in [2.24, 2.45) is 17.3 Å². The van der Waals surface area contributed by atoms with E-state index >= 15 is 0 Å². The van der Waals surface area contributed by atoms with Crippen LogP contribution in [0.25, 0.3) is 0 Å². The first kappa shape index (κ1) is 22.9. The van der Waals surface area contributed by atoms with Crippen molar-refractivity contribution in [1.82, 2.24) is 4.90 Å². The molecule has 2 aromatic carbocycles. The van der Waals surface area contributed by atoms with E-state index in [1.54, 1.807) is 0 Å². The molecule has 2 heterocycles. The molecule has 196 valence electrons. The van der Waals surface area contributed by atoms with Crippen LogP contribution in [0, 0.1) is 24.2 Å². The summed E-state index contributed by atoms with van der Waals surface area (Å²) >= 11 is 0. The number of phenols is 1. The second-order valence-corrected chi connectivity index (χ2v) is 13.4. The molecule has 2 aliphatic heterocycles. The first-order valence-corrected chi connectivity index (χ1v) is 14.4. The van der Waals surface area contributed by atoms with Crippen LogP contribution >= 0.6 is 0 Å². The number of nitrogens with zero attached hydrogens (tertiary/aromatic N) is 1. The summed E-state index contributed by atoms with van der Waals surface area (Å²) < 4.78 is 13.6. The van der Waals surface area contributed by atoms with Crippen LogP contribution < -0.4 is 4.74 Å². The van der Waals surface area contributed by atoms with Gasteiger partial charge < -0.3 is 19.7 Å². The lowest BCUT2D eigenvalue weighted by atomic mass is 9.33. The minimum atomic E-state index is -1.06. The minimum absolute atomic E-state index is 0.00548. The molecule has 2 unspecified atom stereocenters. The Bertz CT molecular complexity index is 1300. The molecule has 2 aromatic rings. The largest absolute Gasteiger partial charge is 0.504 e. The van der Waals surface area contributed by atoms with E-state index in [2.05, 4.69) is 30.0 Å². The van der Waals surface area contributed by atoms with Crippen molar-refractivity contribution >= 4 is 0 Å². The zero-order chi connectivity index (χ0) is 25.4. The predicted molar refractivity (Wildman–Crippen MR) is 141 cm³/mol. The van der Waals surface area contributed by atoms with Crippen molar-refractivity contribution in [3.05, 3.63) is 58.7 Å². The lowest BCUT2D eigenvalue weighted by Gasteiger charge is -2.75.